The Bertz CT molecular complexity index is 578. The van der Waals surface area contributed by atoms with Gasteiger partial charge in [0.25, 0.3) is 0 Å². The van der Waals surface area contributed by atoms with Gasteiger partial charge in [0, 0.05) is 5.02 Å². The molecule has 0 saturated carbocycles. The first-order valence-electron chi connectivity index (χ1n) is 4.76. The number of alkyl halides is 3. The van der Waals surface area contributed by atoms with Gasteiger partial charge in [0.1, 0.15) is 0 Å². The molecule has 2 nitrogen and oxygen atoms in total. The molecule has 0 fully saturated rings. The maximum Gasteiger partial charge on any atom is 0.416 e. The van der Waals surface area contributed by atoms with Crippen molar-refractivity contribution in [3.63, 3.8) is 0 Å². The first kappa shape index (κ1) is 12.7. The van der Waals surface area contributed by atoms with E-state index in [2.05, 4.69) is 0 Å². The van der Waals surface area contributed by atoms with Gasteiger partial charge in [-0.05, 0) is 23.6 Å². The maximum absolute atomic E-state index is 12.5. The third kappa shape index (κ3) is 2.04. The molecule has 1 aromatic carbocycles. The van der Waals surface area contributed by atoms with E-state index in [4.69, 9.17) is 11.6 Å². The van der Waals surface area contributed by atoms with Gasteiger partial charge >= 0.3 is 6.18 Å². The van der Waals surface area contributed by atoms with Crippen molar-refractivity contribution < 1.29 is 21.6 Å². The van der Waals surface area contributed by atoms with Gasteiger partial charge in [-0.25, -0.2) is 8.42 Å². The summed E-state index contributed by atoms with van der Waals surface area (Å²) in [6.07, 6.45) is -4.60. The Balaban J connectivity index is 2.75. The molecule has 0 spiro atoms. The zero-order valence-electron chi connectivity index (χ0n) is 8.68. The van der Waals surface area contributed by atoms with Gasteiger partial charge in [-0.3, -0.25) is 0 Å². The molecule has 1 unspecified atom stereocenters. The first-order valence-corrected chi connectivity index (χ1v) is 6.79. The largest absolute Gasteiger partial charge is 0.416 e. The van der Waals surface area contributed by atoms with E-state index >= 15 is 0 Å². The number of halogens is 4. The normalized spacial score (nSPS) is 22.5. The van der Waals surface area contributed by atoms with Crippen LogP contribution < -0.4 is 0 Å². The van der Waals surface area contributed by atoms with E-state index in [-0.39, 0.29) is 21.6 Å². The van der Waals surface area contributed by atoms with Crippen LogP contribution in [0.2, 0.25) is 5.02 Å². The van der Waals surface area contributed by atoms with E-state index < -0.39 is 21.6 Å². The average molecular weight is 285 g/mol. The molecule has 0 saturated heterocycles. The van der Waals surface area contributed by atoms with Crippen LogP contribution in [0.3, 0.4) is 0 Å². The van der Waals surface area contributed by atoms with E-state index in [9.17, 15) is 21.6 Å². The Morgan fingerprint density at radius 1 is 1.35 bits per heavy atom. The van der Waals surface area contributed by atoms with Crippen LogP contribution in [0.4, 0.5) is 13.2 Å². The molecule has 0 radical (unpaired) electrons. The third-order valence-electron chi connectivity index (χ3n) is 2.72. The molecule has 1 aromatic rings. The highest BCUT2D eigenvalue weighted by molar-refractivity contribution is 7.91. The van der Waals surface area contributed by atoms with Gasteiger partial charge in [-0.2, -0.15) is 13.2 Å². The van der Waals surface area contributed by atoms with Crippen molar-refractivity contribution in [2.24, 2.45) is 0 Å². The highest BCUT2D eigenvalue weighted by Gasteiger charge is 2.39. The summed E-state index contributed by atoms with van der Waals surface area (Å²) in [4.78, 5) is -0.287. The van der Waals surface area contributed by atoms with E-state index in [1.165, 1.54) is 0 Å². The van der Waals surface area contributed by atoms with Crippen LogP contribution in [0.1, 0.15) is 24.0 Å². The highest BCUT2D eigenvalue weighted by Crippen LogP contribution is 2.43. The number of hydrogen-bond donors (Lipinski definition) is 0. The summed E-state index contributed by atoms with van der Waals surface area (Å²) in [5, 5.41) is -0.136. The second-order valence-corrected chi connectivity index (χ2v) is 6.46. The van der Waals surface area contributed by atoms with Crippen LogP contribution >= 0.6 is 11.6 Å². The predicted molar refractivity (Wildman–Crippen MR) is 56.9 cm³/mol. The molecule has 1 atom stereocenters. The lowest BCUT2D eigenvalue weighted by atomic mass is 10.0. The second-order valence-electron chi connectivity index (χ2n) is 4.05. The van der Waals surface area contributed by atoms with Gasteiger partial charge in [0.05, 0.1) is 16.2 Å². The van der Waals surface area contributed by atoms with Crippen LogP contribution in [0.5, 0.6) is 0 Å². The van der Waals surface area contributed by atoms with Gasteiger partial charge in [0.15, 0.2) is 9.84 Å². The average Bonchev–Trinajstić information content (AvgIpc) is 2.35. The number of benzene rings is 1. The Hall–Kier alpha value is -0.750. The van der Waals surface area contributed by atoms with Crippen molar-refractivity contribution in [1.29, 1.82) is 0 Å². The van der Waals surface area contributed by atoms with Crippen molar-refractivity contribution in [3.8, 4) is 0 Å². The van der Waals surface area contributed by atoms with Gasteiger partial charge < -0.3 is 0 Å². The fourth-order valence-corrected chi connectivity index (χ4v) is 4.41. The lowest BCUT2D eigenvalue weighted by molar-refractivity contribution is -0.137. The summed E-state index contributed by atoms with van der Waals surface area (Å²) in [6.45, 7) is 1.63. The summed E-state index contributed by atoms with van der Waals surface area (Å²) < 4.78 is 60.9. The molecule has 0 N–H and O–H groups in total. The molecule has 1 heterocycles. The summed E-state index contributed by atoms with van der Waals surface area (Å²) >= 11 is 5.74. The molecule has 1 aliphatic rings. The monoisotopic (exact) mass is 284 g/mol. The Kier molecular flexibility index (Phi) is 2.70. The van der Waals surface area contributed by atoms with Gasteiger partial charge in [0.2, 0.25) is 0 Å². The summed E-state index contributed by atoms with van der Waals surface area (Å²) in [6, 6.07) is 1.44. The number of hydrogen-bond acceptors (Lipinski definition) is 2. The smallest absolute Gasteiger partial charge is 0.224 e. The minimum absolute atomic E-state index is 0.136. The molecule has 0 amide bonds. The van der Waals surface area contributed by atoms with Gasteiger partial charge in [-0.1, -0.05) is 18.5 Å². The molecule has 17 heavy (non-hydrogen) atoms. The maximum atomic E-state index is 12.5. The topological polar surface area (TPSA) is 34.1 Å². The molecule has 2 rings (SSSR count). The van der Waals surface area contributed by atoms with E-state index in [0.29, 0.717) is 11.6 Å². The highest BCUT2D eigenvalue weighted by atomic mass is 35.5. The molecule has 0 bridgehead atoms. The van der Waals surface area contributed by atoms with Crippen LogP contribution in [0.15, 0.2) is 17.0 Å². The Labute approximate surface area is 101 Å². The number of sulfone groups is 1. The molecule has 1 aliphatic heterocycles. The van der Waals surface area contributed by atoms with E-state index in [1.807, 2.05) is 0 Å². The molecule has 0 aromatic heterocycles. The summed E-state index contributed by atoms with van der Waals surface area (Å²) in [7, 11) is -3.64. The zero-order valence-corrected chi connectivity index (χ0v) is 10.2. The van der Waals surface area contributed by atoms with Crippen LogP contribution in [0, 0.1) is 0 Å². The minimum atomic E-state index is -4.60. The van der Waals surface area contributed by atoms with Crippen molar-refractivity contribution in [2.45, 2.75) is 23.9 Å². The number of rotatable bonds is 0. The molecular formula is C10H8ClF3O2S. The molecular weight excluding hydrogens is 277 g/mol. The van der Waals surface area contributed by atoms with Crippen molar-refractivity contribution >= 4 is 21.4 Å². The Morgan fingerprint density at radius 3 is 2.47 bits per heavy atom. The third-order valence-corrected chi connectivity index (χ3v) is 4.98. The second kappa shape index (κ2) is 3.62. The SMILES string of the molecule is CC1CS(=O)(=O)c2cc(C(F)(F)F)cc(Cl)c21. The van der Waals surface area contributed by atoms with E-state index in [1.54, 1.807) is 6.92 Å². The lowest BCUT2D eigenvalue weighted by Gasteiger charge is -2.11. The fraction of sp³-hybridized carbons (Fsp3) is 0.400. The van der Waals surface area contributed by atoms with Crippen molar-refractivity contribution in [3.05, 3.63) is 28.3 Å². The van der Waals surface area contributed by atoms with Gasteiger partial charge in [-0.15, -0.1) is 0 Å². The summed E-state index contributed by atoms with van der Waals surface area (Å²) in [5.41, 5.74) is -0.737. The number of fused-ring (bicyclic) bond motifs is 1. The molecule has 7 heteroatoms. The van der Waals surface area contributed by atoms with Crippen LogP contribution in [-0.4, -0.2) is 14.2 Å². The van der Waals surface area contributed by atoms with Crippen molar-refractivity contribution in [2.75, 3.05) is 5.75 Å². The molecule has 94 valence electrons. The standard InChI is InChI=1S/C10H8ClF3O2S/c1-5-4-17(15,16)8-3-6(10(12,13)14)2-7(11)9(5)8/h2-3,5H,4H2,1H3. The quantitative estimate of drug-likeness (QED) is 0.733. The predicted octanol–water partition coefficient (Wildman–Crippen LogP) is 3.25. The zero-order chi connectivity index (χ0) is 13.0. The molecule has 0 aliphatic carbocycles. The summed E-state index contributed by atoms with van der Waals surface area (Å²) in [5.74, 6) is -0.562. The first-order chi connectivity index (χ1) is 7.63. The van der Waals surface area contributed by atoms with Crippen LogP contribution in [-0.2, 0) is 16.0 Å². The van der Waals surface area contributed by atoms with E-state index in [0.717, 1.165) is 6.07 Å². The lowest BCUT2D eigenvalue weighted by Crippen LogP contribution is -2.07. The fourth-order valence-electron chi connectivity index (χ4n) is 1.99. The Morgan fingerprint density at radius 2 is 1.94 bits per heavy atom. The van der Waals surface area contributed by atoms with Crippen molar-refractivity contribution in [1.82, 2.24) is 0 Å². The minimum Gasteiger partial charge on any atom is -0.224 e. The van der Waals surface area contributed by atoms with Crippen LogP contribution in [0.25, 0.3) is 0 Å².